The van der Waals surface area contributed by atoms with E-state index in [9.17, 15) is 0 Å². The van der Waals surface area contributed by atoms with Gasteiger partial charge in [0.15, 0.2) is 0 Å². The summed E-state index contributed by atoms with van der Waals surface area (Å²) in [5, 5.41) is 0.690. The third-order valence-electron chi connectivity index (χ3n) is 2.24. The van der Waals surface area contributed by atoms with Gasteiger partial charge in [-0.15, -0.1) is 0 Å². The van der Waals surface area contributed by atoms with E-state index in [2.05, 4.69) is 15.9 Å². The molecular formula is C10H10BrClO. The average Bonchev–Trinajstić information content (AvgIpc) is 2.03. The van der Waals surface area contributed by atoms with E-state index in [4.69, 9.17) is 16.3 Å². The SMILES string of the molecule is Clc1ccc(Br)cc1OC1CCC1. The number of hydrogen-bond donors (Lipinski definition) is 0. The highest BCUT2D eigenvalue weighted by molar-refractivity contribution is 9.10. The number of benzene rings is 1. The van der Waals surface area contributed by atoms with Gasteiger partial charge in [0, 0.05) is 4.47 Å². The third-order valence-corrected chi connectivity index (χ3v) is 3.04. The predicted molar refractivity (Wildman–Crippen MR) is 57.4 cm³/mol. The Morgan fingerprint density at radius 3 is 2.77 bits per heavy atom. The minimum atomic E-state index is 0.381. The summed E-state index contributed by atoms with van der Waals surface area (Å²) in [6, 6.07) is 5.68. The van der Waals surface area contributed by atoms with Crippen LogP contribution in [-0.2, 0) is 0 Å². The normalized spacial score (nSPS) is 16.8. The second-order valence-corrected chi connectivity index (χ2v) is 4.57. The maximum atomic E-state index is 5.98. The fourth-order valence-electron chi connectivity index (χ4n) is 1.24. The molecule has 0 unspecified atom stereocenters. The van der Waals surface area contributed by atoms with Crippen LogP contribution in [0.4, 0.5) is 0 Å². The van der Waals surface area contributed by atoms with Gasteiger partial charge in [-0.1, -0.05) is 27.5 Å². The number of ether oxygens (including phenoxy) is 1. The van der Waals surface area contributed by atoms with Crippen LogP contribution in [0.25, 0.3) is 0 Å². The molecule has 1 aliphatic carbocycles. The zero-order chi connectivity index (χ0) is 9.26. The van der Waals surface area contributed by atoms with Gasteiger partial charge in [-0.2, -0.15) is 0 Å². The molecular weight excluding hydrogens is 251 g/mol. The van der Waals surface area contributed by atoms with Crippen LogP contribution >= 0.6 is 27.5 Å². The van der Waals surface area contributed by atoms with Gasteiger partial charge in [0.25, 0.3) is 0 Å². The molecule has 1 aliphatic rings. The van der Waals surface area contributed by atoms with Crippen molar-refractivity contribution in [2.45, 2.75) is 25.4 Å². The lowest BCUT2D eigenvalue weighted by atomic mass is 9.96. The zero-order valence-electron chi connectivity index (χ0n) is 7.09. The topological polar surface area (TPSA) is 9.23 Å². The smallest absolute Gasteiger partial charge is 0.139 e. The second kappa shape index (κ2) is 3.89. The lowest BCUT2D eigenvalue weighted by Crippen LogP contribution is -2.24. The summed E-state index contributed by atoms with van der Waals surface area (Å²) in [5.41, 5.74) is 0. The maximum Gasteiger partial charge on any atom is 0.139 e. The van der Waals surface area contributed by atoms with Crippen LogP contribution in [0.3, 0.4) is 0 Å². The van der Waals surface area contributed by atoms with E-state index in [1.54, 1.807) is 0 Å². The monoisotopic (exact) mass is 260 g/mol. The van der Waals surface area contributed by atoms with Gasteiger partial charge >= 0.3 is 0 Å². The Balaban J connectivity index is 2.13. The van der Waals surface area contributed by atoms with Crippen LogP contribution < -0.4 is 4.74 Å². The summed E-state index contributed by atoms with van der Waals surface area (Å²) >= 11 is 9.36. The molecule has 0 amide bonds. The molecule has 0 aliphatic heterocycles. The summed E-state index contributed by atoms with van der Waals surface area (Å²) < 4.78 is 6.71. The van der Waals surface area contributed by atoms with E-state index < -0.39 is 0 Å². The van der Waals surface area contributed by atoms with E-state index in [1.807, 2.05) is 18.2 Å². The highest BCUT2D eigenvalue weighted by Crippen LogP contribution is 2.32. The molecule has 1 saturated carbocycles. The predicted octanol–water partition coefficient (Wildman–Crippen LogP) is 4.03. The van der Waals surface area contributed by atoms with Crippen molar-refractivity contribution in [1.82, 2.24) is 0 Å². The van der Waals surface area contributed by atoms with E-state index >= 15 is 0 Å². The van der Waals surface area contributed by atoms with Gasteiger partial charge < -0.3 is 4.74 Å². The van der Waals surface area contributed by atoms with E-state index in [0.717, 1.165) is 23.1 Å². The van der Waals surface area contributed by atoms with Gasteiger partial charge in [-0.3, -0.25) is 0 Å². The lowest BCUT2D eigenvalue weighted by molar-refractivity contribution is 0.120. The molecule has 0 atom stereocenters. The van der Waals surface area contributed by atoms with Gasteiger partial charge in [0.1, 0.15) is 5.75 Å². The van der Waals surface area contributed by atoms with Crippen LogP contribution in [0.15, 0.2) is 22.7 Å². The molecule has 0 spiro atoms. The molecule has 1 nitrogen and oxygen atoms in total. The number of hydrogen-bond acceptors (Lipinski definition) is 1. The van der Waals surface area contributed by atoms with Crippen molar-refractivity contribution >= 4 is 27.5 Å². The van der Waals surface area contributed by atoms with E-state index in [-0.39, 0.29) is 0 Å². The quantitative estimate of drug-likeness (QED) is 0.781. The first kappa shape index (κ1) is 9.35. The van der Waals surface area contributed by atoms with Gasteiger partial charge in [0.05, 0.1) is 11.1 Å². The molecule has 0 aromatic heterocycles. The highest BCUT2D eigenvalue weighted by atomic mass is 79.9. The number of rotatable bonds is 2. The Kier molecular flexibility index (Phi) is 2.80. The maximum absolute atomic E-state index is 5.98. The Hall–Kier alpha value is -0.210. The minimum absolute atomic E-state index is 0.381. The standard InChI is InChI=1S/C10H10BrClO/c11-7-4-5-9(12)10(6-7)13-8-2-1-3-8/h4-6,8H,1-3H2. The van der Waals surface area contributed by atoms with Crippen LogP contribution in [0.2, 0.25) is 5.02 Å². The Bertz CT molecular complexity index is 310. The second-order valence-electron chi connectivity index (χ2n) is 3.25. The molecule has 3 heteroatoms. The molecule has 1 aromatic carbocycles. The fraction of sp³-hybridized carbons (Fsp3) is 0.400. The molecule has 0 radical (unpaired) electrons. The summed E-state index contributed by atoms with van der Waals surface area (Å²) in [6.07, 6.45) is 3.97. The van der Waals surface area contributed by atoms with Gasteiger partial charge in [0.2, 0.25) is 0 Å². The highest BCUT2D eigenvalue weighted by Gasteiger charge is 2.20. The Morgan fingerprint density at radius 2 is 2.15 bits per heavy atom. The fourth-order valence-corrected chi connectivity index (χ4v) is 1.74. The molecule has 70 valence electrons. The van der Waals surface area contributed by atoms with Gasteiger partial charge in [-0.05, 0) is 37.5 Å². The molecule has 0 bridgehead atoms. The van der Waals surface area contributed by atoms with Crippen molar-refractivity contribution in [3.8, 4) is 5.75 Å². The molecule has 0 saturated heterocycles. The van der Waals surface area contributed by atoms with Crippen LogP contribution in [-0.4, -0.2) is 6.10 Å². The molecule has 13 heavy (non-hydrogen) atoms. The molecule has 1 aromatic rings. The third kappa shape index (κ3) is 2.18. The summed E-state index contributed by atoms with van der Waals surface area (Å²) in [4.78, 5) is 0. The van der Waals surface area contributed by atoms with Gasteiger partial charge in [-0.25, -0.2) is 0 Å². The van der Waals surface area contributed by atoms with Crippen molar-refractivity contribution in [1.29, 1.82) is 0 Å². The molecule has 0 N–H and O–H groups in total. The van der Waals surface area contributed by atoms with Crippen LogP contribution in [0.1, 0.15) is 19.3 Å². The number of halogens is 2. The minimum Gasteiger partial charge on any atom is -0.489 e. The molecule has 1 fully saturated rings. The van der Waals surface area contributed by atoms with Crippen molar-refractivity contribution in [3.63, 3.8) is 0 Å². The summed E-state index contributed by atoms with van der Waals surface area (Å²) in [7, 11) is 0. The Labute approximate surface area is 91.2 Å². The van der Waals surface area contributed by atoms with Crippen molar-refractivity contribution in [2.75, 3.05) is 0 Å². The lowest BCUT2D eigenvalue weighted by Gasteiger charge is -2.26. The first-order valence-electron chi connectivity index (χ1n) is 4.37. The van der Waals surface area contributed by atoms with Crippen molar-refractivity contribution in [3.05, 3.63) is 27.7 Å². The summed E-state index contributed by atoms with van der Waals surface area (Å²) in [5.74, 6) is 0.792. The molecule has 0 heterocycles. The first-order chi connectivity index (χ1) is 6.25. The van der Waals surface area contributed by atoms with Crippen molar-refractivity contribution in [2.24, 2.45) is 0 Å². The van der Waals surface area contributed by atoms with E-state index in [1.165, 1.54) is 6.42 Å². The van der Waals surface area contributed by atoms with Crippen molar-refractivity contribution < 1.29 is 4.74 Å². The first-order valence-corrected chi connectivity index (χ1v) is 5.54. The van der Waals surface area contributed by atoms with E-state index in [0.29, 0.717) is 11.1 Å². The summed E-state index contributed by atoms with van der Waals surface area (Å²) in [6.45, 7) is 0. The van der Waals surface area contributed by atoms with Crippen LogP contribution in [0.5, 0.6) is 5.75 Å². The largest absolute Gasteiger partial charge is 0.489 e. The Morgan fingerprint density at radius 1 is 1.38 bits per heavy atom. The zero-order valence-corrected chi connectivity index (χ0v) is 9.44. The average molecular weight is 262 g/mol. The van der Waals surface area contributed by atoms with Crippen LogP contribution in [0, 0.1) is 0 Å². The molecule has 2 rings (SSSR count).